The lowest BCUT2D eigenvalue weighted by atomic mass is 10.1. The SMILES string of the molecule is CCC(C)N(Cc1ccc(OC)c(OS(=O)(=O)CC)c1)C(=O)NCc1ccccc1. The first kappa shape index (κ1) is 23.5. The van der Waals surface area contributed by atoms with E-state index in [0.29, 0.717) is 18.8 Å². The summed E-state index contributed by atoms with van der Waals surface area (Å²) in [7, 11) is -2.25. The number of hydrogen-bond acceptors (Lipinski definition) is 5. The molecule has 0 aromatic heterocycles. The highest BCUT2D eigenvalue weighted by Gasteiger charge is 2.21. The summed E-state index contributed by atoms with van der Waals surface area (Å²) in [6.45, 7) is 6.23. The standard InChI is InChI=1S/C22H30N2O5S/c1-5-17(3)24(22(25)23-15-18-10-8-7-9-11-18)16-19-12-13-20(28-4)21(14-19)29-30(26,27)6-2/h7-14,17H,5-6,15-16H2,1-4H3,(H,23,25). The monoisotopic (exact) mass is 434 g/mol. The Labute approximate surface area is 179 Å². The van der Waals surface area contributed by atoms with Crippen molar-refractivity contribution in [2.45, 2.75) is 46.3 Å². The molecular weight excluding hydrogens is 404 g/mol. The molecule has 0 saturated carbocycles. The minimum absolute atomic E-state index is 0.00776. The smallest absolute Gasteiger partial charge is 0.318 e. The molecule has 2 aromatic rings. The largest absolute Gasteiger partial charge is 0.493 e. The Balaban J connectivity index is 2.20. The summed E-state index contributed by atoms with van der Waals surface area (Å²) in [6.07, 6.45) is 0.780. The second-order valence-electron chi connectivity index (χ2n) is 6.94. The summed E-state index contributed by atoms with van der Waals surface area (Å²) in [5.41, 5.74) is 1.76. The normalized spacial score (nSPS) is 12.1. The Bertz CT molecular complexity index is 932. The molecule has 2 rings (SSSR count). The number of benzene rings is 2. The molecule has 7 nitrogen and oxygen atoms in total. The molecule has 2 amide bonds. The number of ether oxygens (including phenoxy) is 1. The van der Waals surface area contributed by atoms with Gasteiger partial charge in [0.15, 0.2) is 11.5 Å². The van der Waals surface area contributed by atoms with E-state index in [9.17, 15) is 13.2 Å². The van der Waals surface area contributed by atoms with E-state index in [1.807, 2.05) is 44.2 Å². The van der Waals surface area contributed by atoms with Gasteiger partial charge in [-0.2, -0.15) is 8.42 Å². The molecule has 0 saturated heterocycles. The number of carbonyl (C=O) groups is 1. The molecule has 0 aliphatic heterocycles. The van der Waals surface area contributed by atoms with Gasteiger partial charge in [0.05, 0.1) is 12.9 Å². The van der Waals surface area contributed by atoms with Crippen molar-refractivity contribution in [2.75, 3.05) is 12.9 Å². The molecule has 1 unspecified atom stereocenters. The van der Waals surface area contributed by atoms with Gasteiger partial charge in [0, 0.05) is 19.1 Å². The molecule has 0 radical (unpaired) electrons. The predicted octanol–water partition coefficient (Wildman–Crippen LogP) is 3.93. The van der Waals surface area contributed by atoms with Crippen molar-refractivity contribution in [3.8, 4) is 11.5 Å². The maximum atomic E-state index is 12.9. The van der Waals surface area contributed by atoms with E-state index in [4.69, 9.17) is 8.92 Å². The van der Waals surface area contributed by atoms with Gasteiger partial charge in [0.1, 0.15) is 0 Å². The van der Waals surface area contributed by atoms with Crippen LogP contribution in [0.15, 0.2) is 48.5 Å². The van der Waals surface area contributed by atoms with Crippen molar-refractivity contribution in [3.63, 3.8) is 0 Å². The molecule has 30 heavy (non-hydrogen) atoms. The Hall–Kier alpha value is -2.74. The van der Waals surface area contributed by atoms with Crippen molar-refractivity contribution in [1.29, 1.82) is 0 Å². The third-order valence-corrected chi connectivity index (χ3v) is 5.96. The van der Waals surface area contributed by atoms with Crippen molar-refractivity contribution in [3.05, 3.63) is 59.7 Å². The van der Waals surface area contributed by atoms with E-state index in [-0.39, 0.29) is 23.6 Å². The van der Waals surface area contributed by atoms with E-state index in [1.54, 1.807) is 23.1 Å². The Morgan fingerprint density at radius 3 is 2.37 bits per heavy atom. The van der Waals surface area contributed by atoms with Crippen molar-refractivity contribution in [1.82, 2.24) is 10.2 Å². The number of nitrogens with zero attached hydrogens (tertiary/aromatic N) is 1. The molecule has 164 valence electrons. The summed E-state index contributed by atoms with van der Waals surface area (Å²) in [6, 6.07) is 14.5. The molecule has 0 aliphatic carbocycles. The Morgan fingerprint density at radius 1 is 1.07 bits per heavy atom. The van der Waals surface area contributed by atoms with Crippen LogP contribution in [0, 0.1) is 0 Å². The van der Waals surface area contributed by atoms with Gasteiger partial charge in [-0.05, 0) is 43.5 Å². The Morgan fingerprint density at radius 2 is 1.77 bits per heavy atom. The van der Waals surface area contributed by atoms with Gasteiger partial charge in [-0.1, -0.05) is 43.3 Å². The van der Waals surface area contributed by atoms with E-state index in [1.165, 1.54) is 14.0 Å². The maximum absolute atomic E-state index is 12.9. The van der Waals surface area contributed by atoms with Gasteiger partial charge < -0.3 is 19.1 Å². The summed E-state index contributed by atoms with van der Waals surface area (Å²) in [5, 5.41) is 2.95. The lowest BCUT2D eigenvalue weighted by Gasteiger charge is -2.29. The molecule has 0 bridgehead atoms. The summed E-state index contributed by atoms with van der Waals surface area (Å²) < 4.78 is 34.2. The van der Waals surface area contributed by atoms with Crippen LogP contribution in [0.1, 0.15) is 38.3 Å². The third kappa shape index (κ3) is 6.66. The molecule has 0 fully saturated rings. The van der Waals surface area contributed by atoms with E-state index >= 15 is 0 Å². The minimum atomic E-state index is -3.70. The van der Waals surface area contributed by atoms with Crippen LogP contribution in [0.3, 0.4) is 0 Å². The predicted molar refractivity (Wildman–Crippen MR) is 117 cm³/mol. The van der Waals surface area contributed by atoms with Gasteiger partial charge >= 0.3 is 16.1 Å². The van der Waals surface area contributed by atoms with Crippen molar-refractivity contribution < 1.29 is 22.1 Å². The molecule has 2 aromatic carbocycles. The van der Waals surface area contributed by atoms with Gasteiger partial charge in [-0.25, -0.2) is 4.79 Å². The first-order valence-corrected chi connectivity index (χ1v) is 11.5. The number of amides is 2. The van der Waals surface area contributed by atoms with Gasteiger partial charge in [0.25, 0.3) is 0 Å². The van der Waals surface area contributed by atoms with Crippen molar-refractivity contribution in [2.24, 2.45) is 0 Å². The van der Waals surface area contributed by atoms with Crippen LogP contribution in [0.2, 0.25) is 0 Å². The van der Waals surface area contributed by atoms with Crippen LogP contribution < -0.4 is 14.2 Å². The average Bonchev–Trinajstić information content (AvgIpc) is 2.76. The molecule has 0 heterocycles. The van der Waals surface area contributed by atoms with Crippen LogP contribution in [-0.2, 0) is 23.2 Å². The van der Waals surface area contributed by atoms with Crippen LogP contribution in [0.4, 0.5) is 4.79 Å². The van der Waals surface area contributed by atoms with Gasteiger partial charge in [0.2, 0.25) is 0 Å². The molecule has 8 heteroatoms. The lowest BCUT2D eigenvalue weighted by Crippen LogP contribution is -2.44. The summed E-state index contributed by atoms with van der Waals surface area (Å²) in [4.78, 5) is 14.6. The lowest BCUT2D eigenvalue weighted by molar-refractivity contribution is 0.173. The van der Waals surface area contributed by atoms with Crippen LogP contribution in [0.25, 0.3) is 0 Å². The number of methoxy groups -OCH3 is 1. The fourth-order valence-corrected chi connectivity index (χ4v) is 3.32. The summed E-state index contributed by atoms with van der Waals surface area (Å²) >= 11 is 0. The third-order valence-electron chi connectivity index (χ3n) is 4.82. The highest BCUT2D eigenvalue weighted by atomic mass is 32.2. The highest BCUT2D eigenvalue weighted by molar-refractivity contribution is 7.87. The topological polar surface area (TPSA) is 84.9 Å². The van der Waals surface area contributed by atoms with E-state index in [2.05, 4.69) is 5.32 Å². The van der Waals surface area contributed by atoms with E-state index in [0.717, 1.165) is 17.5 Å². The maximum Gasteiger partial charge on any atom is 0.318 e. The average molecular weight is 435 g/mol. The van der Waals surface area contributed by atoms with Crippen LogP contribution >= 0.6 is 0 Å². The molecular formula is C22H30N2O5S. The molecule has 0 aliphatic rings. The zero-order valence-corrected chi connectivity index (χ0v) is 18.7. The number of hydrogen-bond donors (Lipinski definition) is 1. The number of urea groups is 1. The Kier molecular flexibility index (Phi) is 8.53. The van der Waals surface area contributed by atoms with E-state index < -0.39 is 10.1 Å². The van der Waals surface area contributed by atoms with Gasteiger partial charge in [-0.15, -0.1) is 0 Å². The highest BCUT2D eigenvalue weighted by Crippen LogP contribution is 2.30. The second kappa shape index (κ2) is 10.9. The fourth-order valence-electron chi connectivity index (χ4n) is 2.80. The van der Waals surface area contributed by atoms with Gasteiger partial charge in [-0.3, -0.25) is 0 Å². The second-order valence-corrected chi connectivity index (χ2v) is 8.80. The zero-order chi connectivity index (χ0) is 22.1. The van der Waals surface area contributed by atoms with Crippen LogP contribution in [0.5, 0.6) is 11.5 Å². The van der Waals surface area contributed by atoms with Crippen molar-refractivity contribution >= 4 is 16.1 Å². The number of nitrogens with one attached hydrogen (secondary N) is 1. The first-order valence-electron chi connectivity index (χ1n) is 9.97. The minimum Gasteiger partial charge on any atom is -0.493 e. The molecule has 0 spiro atoms. The molecule has 1 N–H and O–H groups in total. The summed E-state index contributed by atoms with van der Waals surface area (Å²) in [5.74, 6) is 0.284. The first-order chi connectivity index (χ1) is 14.3. The number of rotatable bonds is 10. The quantitative estimate of drug-likeness (QED) is 0.573. The fraction of sp³-hybridized carbons (Fsp3) is 0.409. The zero-order valence-electron chi connectivity index (χ0n) is 17.9. The number of carbonyl (C=O) groups excluding carboxylic acids is 1. The van der Waals surface area contributed by atoms with Crippen LogP contribution in [-0.4, -0.2) is 38.3 Å². The molecule has 1 atom stereocenters.